The number of thiazole rings is 1. The number of H-pyrrole nitrogens is 1. The number of aromatic nitrogens is 5. The van der Waals surface area contributed by atoms with E-state index in [2.05, 4.69) is 30.9 Å². The molecule has 0 bridgehead atoms. The fourth-order valence-electron chi connectivity index (χ4n) is 4.83. The van der Waals surface area contributed by atoms with Crippen molar-refractivity contribution in [2.75, 3.05) is 18.5 Å². The number of carbonyl (C=O) groups excluding carboxylic acids is 1. The molecular formula is C27H28N6O5S2. The van der Waals surface area contributed by atoms with E-state index in [0.717, 1.165) is 24.0 Å². The molecule has 6 rings (SSSR count). The Kier molecular flexibility index (Phi) is 7.59. The first kappa shape index (κ1) is 26.5. The molecule has 1 aliphatic carbocycles. The number of sulfone groups is 1. The van der Waals surface area contributed by atoms with Crippen LogP contribution in [0.15, 0.2) is 59.6 Å². The highest BCUT2D eigenvalue weighted by Gasteiger charge is 2.37. The summed E-state index contributed by atoms with van der Waals surface area (Å²) in [5.41, 5.74) is 1.53. The molecular weight excluding hydrogens is 552 g/mol. The van der Waals surface area contributed by atoms with Crippen molar-refractivity contribution in [2.24, 2.45) is 5.92 Å². The van der Waals surface area contributed by atoms with E-state index in [-0.39, 0.29) is 11.2 Å². The van der Waals surface area contributed by atoms with Gasteiger partial charge >= 0.3 is 0 Å². The fourth-order valence-corrected chi connectivity index (χ4v) is 7.17. The van der Waals surface area contributed by atoms with E-state index in [1.807, 2.05) is 12.1 Å². The molecule has 1 amide bonds. The summed E-state index contributed by atoms with van der Waals surface area (Å²) in [4.78, 5) is 18.2. The molecule has 1 saturated heterocycles. The number of tetrazole rings is 1. The lowest BCUT2D eigenvalue weighted by molar-refractivity contribution is -0.118. The van der Waals surface area contributed by atoms with Crippen molar-refractivity contribution in [3.05, 3.63) is 60.3 Å². The van der Waals surface area contributed by atoms with Gasteiger partial charge in [0.25, 0.3) is 0 Å². The van der Waals surface area contributed by atoms with Crippen LogP contribution in [0.2, 0.25) is 0 Å². The third kappa shape index (κ3) is 6.06. The Hall–Kier alpha value is -3.68. The van der Waals surface area contributed by atoms with Crippen molar-refractivity contribution in [1.29, 1.82) is 0 Å². The van der Waals surface area contributed by atoms with E-state index in [1.54, 1.807) is 42.6 Å². The Morgan fingerprint density at radius 2 is 1.93 bits per heavy atom. The predicted octanol–water partition coefficient (Wildman–Crippen LogP) is 4.59. The van der Waals surface area contributed by atoms with Gasteiger partial charge in [0.1, 0.15) is 5.75 Å². The van der Waals surface area contributed by atoms with Gasteiger partial charge in [0.15, 0.2) is 15.0 Å². The minimum Gasteiger partial charge on any atom is -0.445 e. The molecule has 0 spiro atoms. The number of rotatable bonds is 10. The quantitative estimate of drug-likeness (QED) is 0.275. The van der Waals surface area contributed by atoms with Crippen molar-refractivity contribution >= 4 is 32.2 Å². The van der Waals surface area contributed by atoms with E-state index < -0.39 is 15.8 Å². The predicted molar refractivity (Wildman–Crippen MR) is 148 cm³/mol. The molecule has 2 aromatic carbocycles. The first-order valence-electron chi connectivity index (χ1n) is 13.2. The van der Waals surface area contributed by atoms with Crippen molar-refractivity contribution in [3.8, 4) is 22.2 Å². The summed E-state index contributed by atoms with van der Waals surface area (Å²) in [5, 5.41) is 17.6. The molecule has 13 heteroatoms. The standard InChI is InChI=1S/C27H28N6O5S2/c34-26(29-27-28-16-24(39-27)38-20-3-1-2-19(15-20)25-30-32-33-31-25)23(14-17-10-12-37-13-11-17)18-4-6-21(7-5-18)40(35,36)22-8-9-22/h1-7,15-17,22-23H,8-14H2,(H,28,29,34)(H,30,31,32,33)/t23-/m1/s1. The van der Waals surface area contributed by atoms with Gasteiger partial charge in [0, 0.05) is 18.8 Å². The number of benzene rings is 2. The number of nitrogens with one attached hydrogen (secondary N) is 2. The Morgan fingerprint density at radius 3 is 2.65 bits per heavy atom. The van der Waals surface area contributed by atoms with Crippen molar-refractivity contribution in [1.82, 2.24) is 25.6 Å². The highest BCUT2D eigenvalue weighted by atomic mass is 32.2. The molecule has 2 aliphatic rings. The van der Waals surface area contributed by atoms with Crippen molar-refractivity contribution < 1.29 is 22.7 Å². The largest absolute Gasteiger partial charge is 0.445 e. The van der Waals surface area contributed by atoms with Gasteiger partial charge in [-0.25, -0.2) is 13.4 Å². The number of ether oxygens (including phenoxy) is 2. The Morgan fingerprint density at radius 1 is 1.12 bits per heavy atom. The monoisotopic (exact) mass is 580 g/mol. The van der Waals surface area contributed by atoms with Crippen molar-refractivity contribution in [2.45, 2.75) is 48.2 Å². The second-order valence-electron chi connectivity index (χ2n) is 10.00. The molecule has 2 N–H and O–H groups in total. The summed E-state index contributed by atoms with van der Waals surface area (Å²) < 4.78 is 36.8. The first-order chi connectivity index (χ1) is 19.5. The Balaban J connectivity index is 1.17. The van der Waals surface area contributed by atoms with Crippen molar-refractivity contribution in [3.63, 3.8) is 0 Å². The molecule has 1 saturated carbocycles. The van der Waals surface area contributed by atoms with Gasteiger partial charge in [-0.05, 0) is 73.1 Å². The van der Waals surface area contributed by atoms with Crippen LogP contribution in [0, 0.1) is 5.92 Å². The molecule has 208 valence electrons. The van der Waals surface area contributed by atoms with Crippen LogP contribution in [-0.2, 0) is 19.4 Å². The molecule has 4 aromatic rings. The van der Waals surface area contributed by atoms with E-state index in [4.69, 9.17) is 9.47 Å². The third-order valence-corrected chi connectivity index (χ3v) is 10.2. The SMILES string of the molecule is O=C(Nc1ncc(Oc2cccc(-c3nn[nH]n3)c2)s1)[C@H](CC1CCOCC1)c1ccc(S(=O)(=O)C2CC2)cc1. The zero-order valence-electron chi connectivity index (χ0n) is 21.5. The lowest BCUT2D eigenvalue weighted by Gasteiger charge is -2.26. The van der Waals surface area contributed by atoms with Gasteiger partial charge in [0.2, 0.25) is 16.8 Å². The minimum atomic E-state index is -3.29. The van der Waals surface area contributed by atoms with Crippen LogP contribution in [0.4, 0.5) is 5.13 Å². The number of hydrogen-bond acceptors (Lipinski definition) is 10. The average Bonchev–Trinajstić information content (AvgIpc) is 3.53. The Labute approximate surface area is 235 Å². The topological polar surface area (TPSA) is 149 Å². The summed E-state index contributed by atoms with van der Waals surface area (Å²) in [7, 11) is -3.29. The normalized spacial score (nSPS) is 16.9. The highest BCUT2D eigenvalue weighted by Crippen LogP contribution is 2.36. The second kappa shape index (κ2) is 11.4. The summed E-state index contributed by atoms with van der Waals surface area (Å²) in [5.74, 6) is 0.713. The smallest absolute Gasteiger partial charge is 0.233 e. The van der Waals surface area contributed by atoms with E-state index >= 15 is 0 Å². The molecule has 2 aromatic heterocycles. The number of hydrogen-bond donors (Lipinski definition) is 2. The molecule has 0 unspecified atom stereocenters. The van der Waals surface area contributed by atoms with E-state index in [0.29, 0.717) is 65.1 Å². The molecule has 1 atom stereocenters. The van der Waals surface area contributed by atoms with Crippen LogP contribution in [0.5, 0.6) is 10.8 Å². The lowest BCUT2D eigenvalue weighted by atomic mass is 9.84. The van der Waals surface area contributed by atoms with Crippen LogP contribution < -0.4 is 10.1 Å². The lowest BCUT2D eigenvalue weighted by Crippen LogP contribution is -2.26. The highest BCUT2D eigenvalue weighted by molar-refractivity contribution is 7.92. The van der Waals surface area contributed by atoms with Gasteiger partial charge < -0.3 is 14.8 Å². The summed E-state index contributed by atoms with van der Waals surface area (Å²) in [6, 6.07) is 14.1. The Bertz CT molecular complexity index is 1560. The summed E-state index contributed by atoms with van der Waals surface area (Å²) >= 11 is 1.22. The van der Waals surface area contributed by atoms with Gasteiger partial charge in [-0.1, -0.05) is 35.6 Å². The van der Waals surface area contributed by atoms with Gasteiger partial charge in [0.05, 0.1) is 22.3 Å². The fraction of sp³-hybridized carbons (Fsp3) is 0.370. The maximum atomic E-state index is 13.6. The number of nitrogens with zero attached hydrogens (tertiary/aromatic N) is 4. The number of amides is 1. The maximum Gasteiger partial charge on any atom is 0.233 e. The van der Waals surface area contributed by atoms with Crippen LogP contribution in [-0.4, -0.2) is 58.4 Å². The third-order valence-electron chi connectivity index (χ3n) is 7.17. The molecule has 3 heterocycles. The molecule has 40 heavy (non-hydrogen) atoms. The summed E-state index contributed by atoms with van der Waals surface area (Å²) in [6.45, 7) is 1.36. The first-order valence-corrected chi connectivity index (χ1v) is 15.5. The number of carbonyl (C=O) groups is 1. The maximum absolute atomic E-state index is 13.6. The number of aromatic amines is 1. The average molecular weight is 581 g/mol. The van der Waals surface area contributed by atoms with Gasteiger partial charge in [-0.2, -0.15) is 5.21 Å². The van der Waals surface area contributed by atoms with Crippen LogP contribution >= 0.6 is 11.3 Å². The second-order valence-corrected chi connectivity index (χ2v) is 13.2. The molecule has 2 fully saturated rings. The van der Waals surface area contributed by atoms with Gasteiger partial charge in [-0.3, -0.25) is 4.79 Å². The zero-order valence-corrected chi connectivity index (χ0v) is 23.2. The van der Waals surface area contributed by atoms with Crippen LogP contribution in [0.25, 0.3) is 11.4 Å². The summed E-state index contributed by atoms with van der Waals surface area (Å²) in [6.07, 6.45) is 5.39. The molecule has 11 nitrogen and oxygen atoms in total. The van der Waals surface area contributed by atoms with Crippen LogP contribution in [0.1, 0.15) is 43.6 Å². The number of anilines is 1. The molecule has 0 radical (unpaired) electrons. The van der Waals surface area contributed by atoms with E-state index in [1.165, 1.54) is 11.3 Å². The van der Waals surface area contributed by atoms with E-state index in [9.17, 15) is 13.2 Å². The molecule has 1 aliphatic heterocycles. The van der Waals surface area contributed by atoms with Gasteiger partial charge in [-0.15, -0.1) is 10.2 Å². The zero-order chi connectivity index (χ0) is 27.5. The van der Waals surface area contributed by atoms with Crippen LogP contribution in [0.3, 0.4) is 0 Å². The minimum absolute atomic E-state index is 0.190.